The van der Waals surface area contributed by atoms with E-state index in [1.165, 1.54) is 0 Å². The van der Waals surface area contributed by atoms with Crippen LogP contribution in [0.15, 0.2) is 42.5 Å². The fourth-order valence-electron chi connectivity index (χ4n) is 3.67. The first-order valence-electron chi connectivity index (χ1n) is 9.94. The first-order valence-corrected chi connectivity index (χ1v) is 9.94. The van der Waals surface area contributed by atoms with E-state index in [-0.39, 0.29) is 5.91 Å². The number of benzene rings is 1. The fourth-order valence-corrected chi connectivity index (χ4v) is 3.67. The van der Waals surface area contributed by atoms with E-state index in [2.05, 4.69) is 20.2 Å². The van der Waals surface area contributed by atoms with E-state index in [0.29, 0.717) is 39.0 Å². The molecule has 1 aliphatic rings. The first-order chi connectivity index (χ1) is 13.9. The summed E-state index contributed by atoms with van der Waals surface area (Å²) in [4.78, 5) is 16.8. The maximum Gasteiger partial charge on any atom is 0.254 e. The third-order valence-electron chi connectivity index (χ3n) is 5.50. The van der Waals surface area contributed by atoms with Crippen LogP contribution in [0.25, 0.3) is 5.65 Å². The number of aliphatic hydroxyl groups is 1. The Kier molecular flexibility index (Phi) is 5.19. The number of piperazine rings is 1. The van der Waals surface area contributed by atoms with E-state index in [9.17, 15) is 9.90 Å². The molecule has 0 aliphatic carbocycles. The predicted molar refractivity (Wildman–Crippen MR) is 110 cm³/mol. The van der Waals surface area contributed by atoms with Crippen LogP contribution in [-0.2, 0) is 11.2 Å². The fraction of sp³-hybridized carbons (Fsp3) is 0.429. The Morgan fingerprint density at radius 2 is 1.79 bits per heavy atom. The highest BCUT2D eigenvalue weighted by Gasteiger charge is 2.35. The predicted octanol–water partition coefficient (Wildman–Crippen LogP) is 1.47. The lowest BCUT2D eigenvalue weighted by atomic mass is 9.95. The lowest BCUT2D eigenvalue weighted by Crippen LogP contribution is -2.55. The van der Waals surface area contributed by atoms with Crippen molar-refractivity contribution >= 4 is 17.4 Å². The average molecular weight is 394 g/mol. The van der Waals surface area contributed by atoms with Gasteiger partial charge in [-0.25, -0.2) is 0 Å². The zero-order valence-corrected chi connectivity index (χ0v) is 16.8. The molecule has 3 heterocycles. The maximum absolute atomic E-state index is 12.9. The molecule has 152 valence electrons. The van der Waals surface area contributed by atoms with Crippen LogP contribution in [0.1, 0.15) is 24.7 Å². The van der Waals surface area contributed by atoms with Crippen molar-refractivity contribution in [2.45, 2.75) is 32.3 Å². The molecule has 1 aliphatic heterocycles. The molecule has 1 saturated heterocycles. The highest BCUT2D eigenvalue weighted by atomic mass is 16.3. The van der Waals surface area contributed by atoms with Gasteiger partial charge >= 0.3 is 0 Å². The van der Waals surface area contributed by atoms with Crippen LogP contribution in [-0.4, -0.2) is 67.5 Å². The summed E-state index contributed by atoms with van der Waals surface area (Å²) in [5.74, 6) is 1.37. The summed E-state index contributed by atoms with van der Waals surface area (Å²) in [6.07, 6.45) is 1.07. The molecule has 8 nitrogen and oxygen atoms in total. The van der Waals surface area contributed by atoms with Crippen LogP contribution in [0.3, 0.4) is 0 Å². The van der Waals surface area contributed by atoms with Crippen molar-refractivity contribution in [2.24, 2.45) is 0 Å². The molecule has 1 amide bonds. The molecule has 0 spiro atoms. The molecule has 4 rings (SSSR count). The Labute approximate surface area is 169 Å². The number of fused-ring (bicyclic) bond motifs is 1. The standard InChI is InChI=1S/C21H26N6O2/c1-16-22-23-18-8-9-19(24-27(16)18)25-12-14-26(15-13-25)20(28)21(2,29)11-10-17-6-4-3-5-7-17/h3-9,29H,10-15H2,1-2H3. The molecule has 1 atom stereocenters. The van der Waals surface area contributed by atoms with E-state index in [1.54, 1.807) is 16.3 Å². The van der Waals surface area contributed by atoms with Crippen LogP contribution in [0, 0.1) is 6.92 Å². The van der Waals surface area contributed by atoms with Gasteiger partial charge in [-0.15, -0.1) is 15.3 Å². The van der Waals surface area contributed by atoms with Crippen molar-refractivity contribution in [3.8, 4) is 0 Å². The second kappa shape index (κ2) is 7.79. The second-order valence-electron chi connectivity index (χ2n) is 7.75. The normalized spacial score (nSPS) is 16.8. The summed E-state index contributed by atoms with van der Waals surface area (Å²) in [5, 5.41) is 23.5. The Bertz CT molecular complexity index is 993. The zero-order valence-electron chi connectivity index (χ0n) is 16.8. The van der Waals surface area contributed by atoms with Crippen molar-refractivity contribution < 1.29 is 9.90 Å². The van der Waals surface area contributed by atoms with Gasteiger partial charge in [0.1, 0.15) is 11.4 Å². The summed E-state index contributed by atoms with van der Waals surface area (Å²) in [6, 6.07) is 13.8. The molecular formula is C21H26N6O2. The molecule has 1 fully saturated rings. The number of amides is 1. The summed E-state index contributed by atoms with van der Waals surface area (Å²) in [5.41, 5.74) is 0.472. The highest BCUT2D eigenvalue weighted by molar-refractivity contribution is 5.84. The van der Waals surface area contributed by atoms with Crippen molar-refractivity contribution in [3.63, 3.8) is 0 Å². The van der Waals surface area contributed by atoms with Crippen molar-refractivity contribution in [1.29, 1.82) is 0 Å². The number of carbonyl (C=O) groups is 1. The van der Waals surface area contributed by atoms with Gasteiger partial charge in [0.05, 0.1) is 0 Å². The van der Waals surface area contributed by atoms with Crippen molar-refractivity contribution in [1.82, 2.24) is 24.7 Å². The number of aromatic nitrogens is 4. The van der Waals surface area contributed by atoms with Crippen LogP contribution < -0.4 is 4.90 Å². The monoisotopic (exact) mass is 394 g/mol. The van der Waals surface area contributed by atoms with Gasteiger partial charge in [-0.3, -0.25) is 4.79 Å². The van der Waals surface area contributed by atoms with E-state index < -0.39 is 5.60 Å². The minimum absolute atomic E-state index is 0.203. The largest absolute Gasteiger partial charge is 0.380 e. The maximum atomic E-state index is 12.9. The summed E-state index contributed by atoms with van der Waals surface area (Å²) in [7, 11) is 0. The molecular weight excluding hydrogens is 368 g/mol. The quantitative estimate of drug-likeness (QED) is 0.705. The lowest BCUT2D eigenvalue weighted by Gasteiger charge is -2.38. The van der Waals surface area contributed by atoms with Gasteiger partial charge in [0.2, 0.25) is 0 Å². The number of rotatable bonds is 5. The zero-order chi connectivity index (χ0) is 20.4. The first kappa shape index (κ1) is 19.3. The van der Waals surface area contributed by atoms with Gasteiger partial charge in [0, 0.05) is 26.2 Å². The Morgan fingerprint density at radius 1 is 1.07 bits per heavy atom. The number of nitrogens with zero attached hydrogens (tertiary/aromatic N) is 6. The summed E-state index contributed by atoms with van der Waals surface area (Å²) in [6.45, 7) is 5.93. The number of carbonyl (C=O) groups excluding carboxylic acids is 1. The van der Waals surface area contributed by atoms with E-state index in [1.807, 2.05) is 49.4 Å². The lowest BCUT2D eigenvalue weighted by molar-refractivity contribution is -0.150. The van der Waals surface area contributed by atoms with Crippen molar-refractivity contribution in [2.75, 3.05) is 31.1 Å². The summed E-state index contributed by atoms with van der Waals surface area (Å²) < 4.78 is 1.72. The number of aryl methyl sites for hydroxylation is 2. The molecule has 2 aromatic heterocycles. The average Bonchev–Trinajstić information content (AvgIpc) is 3.13. The molecule has 1 unspecified atom stereocenters. The van der Waals surface area contributed by atoms with Gasteiger partial charge in [0.25, 0.3) is 5.91 Å². The highest BCUT2D eigenvalue weighted by Crippen LogP contribution is 2.20. The molecule has 8 heteroatoms. The molecule has 1 aromatic carbocycles. The SMILES string of the molecule is Cc1nnc2ccc(N3CCN(C(=O)C(C)(O)CCc4ccccc4)CC3)nn12. The van der Waals surface area contributed by atoms with Crippen LogP contribution in [0.4, 0.5) is 5.82 Å². The minimum Gasteiger partial charge on any atom is -0.380 e. The van der Waals surface area contributed by atoms with Crippen LogP contribution >= 0.6 is 0 Å². The molecule has 0 saturated carbocycles. The third kappa shape index (κ3) is 4.07. The molecule has 1 N–H and O–H groups in total. The molecule has 29 heavy (non-hydrogen) atoms. The summed E-state index contributed by atoms with van der Waals surface area (Å²) >= 11 is 0. The number of hydrogen-bond donors (Lipinski definition) is 1. The molecule has 3 aromatic rings. The Morgan fingerprint density at radius 3 is 2.52 bits per heavy atom. The third-order valence-corrected chi connectivity index (χ3v) is 5.50. The molecule has 0 radical (unpaired) electrons. The van der Waals surface area contributed by atoms with E-state index in [0.717, 1.165) is 22.9 Å². The van der Waals surface area contributed by atoms with E-state index >= 15 is 0 Å². The Balaban J connectivity index is 1.36. The van der Waals surface area contributed by atoms with Gasteiger partial charge in [0.15, 0.2) is 11.5 Å². The van der Waals surface area contributed by atoms with Gasteiger partial charge in [-0.05, 0) is 44.4 Å². The van der Waals surface area contributed by atoms with Gasteiger partial charge in [-0.2, -0.15) is 4.52 Å². The van der Waals surface area contributed by atoms with Crippen LogP contribution in [0.5, 0.6) is 0 Å². The number of hydrogen-bond acceptors (Lipinski definition) is 6. The topological polar surface area (TPSA) is 86.9 Å². The molecule has 0 bridgehead atoms. The smallest absolute Gasteiger partial charge is 0.254 e. The van der Waals surface area contributed by atoms with E-state index in [4.69, 9.17) is 0 Å². The minimum atomic E-state index is -1.37. The number of anilines is 1. The van der Waals surface area contributed by atoms with Crippen LogP contribution in [0.2, 0.25) is 0 Å². The van der Waals surface area contributed by atoms with Crippen molar-refractivity contribution in [3.05, 3.63) is 53.9 Å². The Hall–Kier alpha value is -3.00. The van der Waals surface area contributed by atoms with Gasteiger partial charge in [-0.1, -0.05) is 30.3 Å². The van der Waals surface area contributed by atoms with Gasteiger partial charge < -0.3 is 14.9 Å². The second-order valence-corrected chi connectivity index (χ2v) is 7.75.